The van der Waals surface area contributed by atoms with Crippen LogP contribution in [0.4, 0.5) is 10.5 Å². The number of nitro groups is 1. The number of carbonyl (C=O) groups is 1. The smallest absolute Gasteiger partial charge is 0.410 e. The number of hydrogen-bond donors (Lipinski definition) is 0. The Labute approximate surface area is 152 Å². The molecule has 1 saturated heterocycles. The lowest BCUT2D eigenvalue weighted by molar-refractivity contribution is -0.385. The van der Waals surface area contributed by atoms with Crippen LogP contribution in [0.1, 0.15) is 27.2 Å². The van der Waals surface area contributed by atoms with E-state index in [-0.39, 0.29) is 30.2 Å². The van der Waals surface area contributed by atoms with Gasteiger partial charge in [0.05, 0.1) is 9.82 Å². The molecule has 0 N–H and O–H groups in total. The summed E-state index contributed by atoms with van der Waals surface area (Å²) >= 11 is 0. The Balaban J connectivity index is 2.14. The second-order valence-corrected chi connectivity index (χ2v) is 8.92. The zero-order valence-corrected chi connectivity index (χ0v) is 15.9. The highest BCUT2D eigenvalue weighted by atomic mass is 32.2. The molecule has 1 amide bonds. The number of rotatable bonds is 3. The molecule has 0 saturated carbocycles. The molecule has 1 fully saturated rings. The Morgan fingerprint density at radius 3 is 2.50 bits per heavy atom. The Hall–Kier alpha value is -2.20. The summed E-state index contributed by atoms with van der Waals surface area (Å²) in [4.78, 5) is 23.8. The lowest BCUT2D eigenvalue weighted by Gasteiger charge is -2.26. The van der Waals surface area contributed by atoms with Gasteiger partial charge >= 0.3 is 6.09 Å². The first-order valence-corrected chi connectivity index (χ1v) is 9.67. The number of nitrogens with zero attached hydrogens (tertiary/aromatic N) is 3. The van der Waals surface area contributed by atoms with Crippen LogP contribution < -0.4 is 0 Å². The van der Waals surface area contributed by atoms with E-state index in [1.165, 1.54) is 27.4 Å². The molecule has 2 rings (SSSR count). The van der Waals surface area contributed by atoms with Crippen molar-refractivity contribution < 1.29 is 22.9 Å². The van der Waals surface area contributed by atoms with Gasteiger partial charge in [0.1, 0.15) is 5.60 Å². The zero-order chi connectivity index (χ0) is 19.5. The first-order valence-electron chi connectivity index (χ1n) is 8.23. The van der Waals surface area contributed by atoms with Crippen molar-refractivity contribution in [2.75, 3.05) is 26.2 Å². The summed E-state index contributed by atoms with van der Waals surface area (Å²) in [7, 11) is -3.88. The largest absolute Gasteiger partial charge is 0.444 e. The monoisotopic (exact) mass is 385 g/mol. The van der Waals surface area contributed by atoms with Gasteiger partial charge in [0.2, 0.25) is 10.0 Å². The molecule has 0 bridgehead atoms. The fraction of sp³-hybridized carbons (Fsp3) is 0.562. The van der Waals surface area contributed by atoms with Gasteiger partial charge in [0.15, 0.2) is 0 Å². The van der Waals surface area contributed by atoms with Crippen LogP contribution in [0.3, 0.4) is 0 Å². The fourth-order valence-corrected chi connectivity index (χ4v) is 4.06. The summed E-state index contributed by atoms with van der Waals surface area (Å²) in [5.41, 5.74) is -0.908. The van der Waals surface area contributed by atoms with Gasteiger partial charge in [-0.05, 0) is 33.3 Å². The third-order valence-corrected chi connectivity index (χ3v) is 5.67. The van der Waals surface area contributed by atoms with E-state index in [4.69, 9.17) is 4.74 Å². The maximum absolute atomic E-state index is 12.8. The number of ether oxygens (including phenoxy) is 1. The normalized spacial score (nSPS) is 16.8. The van der Waals surface area contributed by atoms with E-state index in [1.54, 1.807) is 20.8 Å². The van der Waals surface area contributed by atoms with Crippen LogP contribution in [0.25, 0.3) is 0 Å². The summed E-state index contributed by atoms with van der Waals surface area (Å²) < 4.78 is 32.1. The van der Waals surface area contributed by atoms with Crippen LogP contribution in [0, 0.1) is 10.1 Å². The van der Waals surface area contributed by atoms with Gasteiger partial charge < -0.3 is 9.64 Å². The molecule has 0 unspecified atom stereocenters. The number of non-ortho nitro benzene ring substituents is 1. The van der Waals surface area contributed by atoms with Gasteiger partial charge in [0.25, 0.3) is 5.69 Å². The molecule has 0 atom stereocenters. The molecular weight excluding hydrogens is 362 g/mol. The molecule has 144 valence electrons. The van der Waals surface area contributed by atoms with Crippen molar-refractivity contribution in [2.24, 2.45) is 0 Å². The average molecular weight is 385 g/mol. The van der Waals surface area contributed by atoms with Gasteiger partial charge in [-0.3, -0.25) is 10.1 Å². The van der Waals surface area contributed by atoms with E-state index >= 15 is 0 Å². The lowest BCUT2D eigenvalue weighted by atomic mass is 10.2. The number of benzene rings is 1. The molecule has 0 radical (unpaired) electrons. The quantitative estimate of drug-likeness (QED) is 0.583. The van der Waals surface area contributed by atoms with Crippen LogP contribution in [-0.2, 0) is 14.8 Å². The van der Waals surface area contributed by atoms with Gasteiger partial charge in [0, 0.05) is 38.3 Å². The summed E-state index contributed by atoms with van der Waals surface area (Å²) in [5, 5.41) is 10.9. The van der Waals surface area contributed by atoms with E-state index < -0.39 is 26.6 Å². The minimum Gasteiger partial charge on any atom is -0.444 e. The molecule has 0 aromatic heterocycles. The minimum atomic E-state index is -3.88. The summed E-state index contributed by atoms with van der Waals surface area (Å²) in [6.45, 7) is 6.21. The van der Waals surface area contributed by atoms with Crippen molar-refractivity contribution >= 4 is 21.8 Å². The Kier molecular flexibility index (Phi) is 5.87. The molecule has 1 heterocycles. The molecule has 1 aromatic carbocycles. The minimum absolute atomic E-state index is 0.101. The first-order chi connectivity index (χ1) is 12.0. The lowest BCUT2D eigenvalue weighted by Crippen LogP contribution is -2.40. The second-order valence-electron chi connectivity index (χ2n) is 6.98. The van der Waals surface area contributed by atoms with Gasteiger partial charge in [-0.15, -0.1) is 0 Å². The van der Waals surface area contributed by atoms with E-state index in [1.807, 2.05) is 0 Å². The van der Waals surface area contributed by atoms with E-state index in [0.717, 1.165) is 6.07 Å². The van der Waals surface area contributed by atoms with Crippen LogP contribution in [0.15, 0.2) is 29.2 Å². The number of sulfonamides is 1. The summed E-state index contributed by atoms with van der Waals surface area (Å²) in [5.74, 6) is 0. The molecule has 0 aliphatic carbocycles. The third-order valence-electron chi connectivity index (χ3n) is 3.77. The van der Waals surface area contributed by atoms with Crippen molar-refractivity contribution in [3.8, 4) is 0 Å². The van der Waals surface area contributed by atoms with E-state index in [0.29, 0.717) is 13.0 Å². The summed E-state index contributed by atoms with van der Waals surface area (Å²) in [6, 6.07) is 4.96. The van der Waals surface area contributed by atoms with Crippen LogP contribution >= 0.6 is 0 Å². The SMILES string of the molecule is CC(C)(C)OC(=O)N1CCCN(S(=O)(=O)c2cccc([N+](=O)[O-])c2)CC1. The number of amides is 1. The standard InChI is InChI=1S/C16H23N3O6S/c1-16(2,3)25-15(20)17-8-5-9-18(11-10-17)26(23,24)14-7-4-6-13(12-14)19(21)22/h4,6-7,12H,5,8-11H2,1-3H3. The number of carbonyl (C=O) groups excluding carboxylic acids is 1. The molecule has 1 aliphatic rings. The molecule has 26 heavy (non-hydrogen) atoms. The first kappa shape index (κ1) is 20.1. The molecular formula is C16H23N3O6S. The van der Waals surface area contributed by atoms with Crippen LogP contribution in [-0.4, -0.2) is 60.4 Å². The van der Waals surface area contributed by atoms with Crippen molar-refractivity contribution in [1.82, 2.24) is 9.21 Å². The third kappa shape index (κ3) is 4.92. The molecule has 1 aromatic rings. The number of hydrogen-bond acceptors (Lipinski definition) is 6. The van der Waals surface area contributed by atoms with Crippen LogP contribution in [0.5, 0.6) is 0 Å². The highest BCUT2D eigenvalue weighted by Crippen LogP contribution is 2.22. The average Bonchev–Trinajstić information content (AvgIpc) is 2.80. The maximum atomic E-state index is 12.8. The van der Waals surface area contributed by atoms with Gasteiger partial charge in [-0.25, -0.2) is 13.2 Å². The van der Waals surface area contributed by atoms with Gasteiger partial charge in [-0.2, -0.15) is 4.31 Å². The summed E-state index contributed by atoms with van der Waals surface area (Å²) in [6.07, 6.45) is -0.0278. The molecule has 1 aliphatic heterocycles. The van der Waals surface area contributed by atoms with Crippen molar-refractivity contribution in [1.29, 1.82) is 0 Å². The zero-order valence-electron chi connectivity index (χ0n) is 15.0. The van der Waals surface area contributed by atoms with E-state index in [9.17, 15) is 23.3 Å². The predicted octanol–water partition coefficient (Wildman–Crippen LogP) is 2.23. The highest BCUT2D eigenvalue weighted by molar-refractivity contribution is 7.89. The Morgan fingerprint density at radius 1 is 1.19 bits per heavy atom. The predicted molar refractivity (Wildman–Crippen MR) is 94.3 cm³/mol. The topological polar surface area (TPSA) is 110 Å². The fourth-order valence-electron chi connectivity index (χ4n) is 2.55. The second kappa shape index (κ2) is 7.58. The van der Waals surface area contributed by atoms with Crippen molar-refractivity contribution in [3.63, 3.8) is 0 Å². The highest BCUT2D eigenvalue weighted by Gasteiger charge is 2.30. The maximum Gasteiger partial charge on any atom is 0.410 e. The van der Waals surface area contributed by atoms with Crippen molar-refractivity contribution in [2.45, 2.75) is 37.7 Å². The molecule has 9 nitrogen and oxygen atoms in total. The Bertz CT molecular complexity index is 787. The molecule has 0 spiro atoms. The van der Waals surface area contributed by atoms with Crippen molar-refractivity contribution in [3.05, 3.63) is 34.4 Å². The Morgan fingerprint density at radius 2 is 1.88 bits per heavy atom. The van der Waals surface area contributed by atoms with E-state index in [2.05, 4.69) is 0 Å². The van der Waals surface area contributed by atoms with Gasteiger partial charge in [-0.1, -0.05) is 6.07 Å². The number of nitro benzene ring substituents is 1. The molecule has 10 heteroatoms. The van der Waals surface area contributed by atoms with Crippen LogP contribution in [0.2, 0.25) is 0 Å².